The molecular weight excluding hydrogens is 696 g/mol. The van der Waals surface area contributed by atoms with Crippen LogP contribution in [-0.2, 0) is 20.4 Å². The molecule has 2 aromatic carbocycles. The van der Waals surface area contributed by atoms with Crippen molar-refractivity contribution in [2.45, 2.75) is 88.4 Å². The van der Waals surface area contributed by atoms with Gasteiger partial charge in [0.2, 0.25) is 11.8 Å². The fourth-order valence-electron chi connectivity index (χ4n) is 7.28. The highest BCUT2D eigenvalue weighted by Crippen LogP contribution is 2.44. The van der Waals surface area contributed by atoms with Crippen LogP contribution in [0.15, 0.2) is 82.2 Å². The molecular formula is C38H39ClN10O4. The monoisotopic (exact) mass is 734 g/mol. The van der Waals surface area contributed by atoms with Crippen LogP contribution in [0.5, 0.6) is 0 Å². The number of fused-ring (bicyclic) bond motifs is 4. The molecule has 6 heterocycles. The molecule has 15 heteroatoms. The first-order valence-electron chi connectivity index (χ1n) is 17.6. The summed E-state index contributed by atoms with van der Waals surface area (Å²) >= 11 is 5.51. The van der Waals surface area contributed by atoms with E-state index in [0.717, 1.165) is 65.1 Å². The largest absolute Gasteiger partial charge is 0.428 e. The van der Waals surface area contributed by atoms with Gasteiger partial charge in [-0.3, -0.25) is 29.4 Å². The molecule has 0 atom stereocenters. The van der Waals surface area contributed by atoms with Crippen molar-refractivity contribution < 1.29 is 18.4 Å². The summed E-state index contributed by atoms with van der Waals surface area (Å²) in [7, 11) is 0. The second-order valence-electron chi connectivity index (χ2n) is 14.8. The van der Waals surface area contributed by atoms with Gasteiger partial charge in [-0.15, -0.1) is 0 Å². The number of carbonyl (C=O) groups is 2. The predicted octanol–water partition coefficient (Wildman–Crippen LogP) is 5.96. The molecule has 0 unspecified atom stereocenters. The summed E-state index contributed by atoms with van der Waals surface area (Å²) in [4.78, 5) is 54.8. The van der Waals surface area contributed by atoms with Gasteiger partial charge in [-0.2, -0.15) is 9.97 Å². The molecule has 10 rings (SSSR count). The molecule has 2 aliphatic carbocycles. The SMILES string of the molecule is CC1(C)C(=O)N(C2CC(N)C2)c2nccnc21.CC1(C)C(=O)N(C2CC(Nc3nc4ccccc4o3)C2)c2nccnc21.Clc1nc2ccccc2o1. The Labute approximate surface area is 310 Å². The van der Waals surface area contributed by atoms with Crippen LogP contribution in [0.25, 0.3) is 22.2 Å². The molecule has 2 fully saturated rings. The molecule has 3 N–H and O–H groups in total. The zero-order valence-corrected chi connectivity index (χ0v) is 30.5. The van der Waals surface area contributed by atoms with Gasteiger partial charge in [0, 0.05) is 49.0 Å². The maximum Gasteiger partial charge on any atom is 0.295 e. The molecule has 0 radical (unpaired) electrons. The standard InChI is InChI=1S/C19H19N5O2.C12H16N4O.C7H4ClNO/c1-19(2)15-16(21-8-7-20-15)24(17(19)25)12-9-11(10-12)22-18-23-13-5-3-4-6-14(13)26-18;1-12(2)9-10(15-4-3-14-9)16(11(12)17)8-5-7(13)6-8;8-7-9-5-3-1-2-4-6(5)10-7/h3-8,11-12H,9-10H2,1-2H3,(H,22,23);3-4,7-8H,5-6,13H2,1-2H3;1-4H. The lowest BCUT2D eigenvalue weighted by molar-refractivity contribution is -0.123. The number of halogens is 1. The van der Waals surface area contributed by atoms with Crippen LogP contribution in [-0.4, -0.2) is 65.9 Å². The quantitative estimate of drug-likeness (QED) is 0.217. The van der Waals surface area contributed by atoms with E-state index < -0.39 is 10.8 Å². The summed E-state index contributed by atoms with van der Waals surface area (Å²) in [5.41, 5.74) is 9.29. The number of benzene rings is 2. The summed E-state index contributed by atoms with van der Waals surface area (Å²) < 4.78 is 10.7. The van der Waals surface area contributed by atoms with E-state index in [0.29, 0.717) is 11.8 Å². The van der Waals surface area contributed by atoms with Gasteiger partial charge in [0.05, 0.1) is 22.2 Å². The van der Waals surface area contributed by atoms with Crippen LogP contribution in [0.4, 0.5) is 17.7 Å². The highest BCUT2D eigenvalue weighted by Gasteiger charge is 2.52. The number of hydrogen-bond acceptors (Lipinski definition) is 12. The third-order valence-corrected chi connectivity index (χ3v) is 10.5. The number of para-hydroxylation sites is 4. The van der Waals surface area contributed by atoms with Crippen molar-refractivity contribution in [3.63, 3.8) is 0 Å². The lowest BCUT2D eigenvalue weighted by Crippen LogP contribution is -2.53. The maximum atomic E-state index is 12.9. The molecule has 2 amide bonds. The van der Waals surface area contributed by atoms with Crippen LogP contribution in [0, 0.1) is 0 Å². The summed E-state index contributed by atoms with van der Waals surface area (Å²) in [6.45, 7) is 7.63. The average Bonchev–Trinajstić information content (AvgIpc) is 3.81. The third-order valence-electron chi connectivity index (χ3n) is 10.4. The van der Waals surface area contributed by atoms with Gasteiger partial charge in [-0.25, -0.2) is 9.97 Å². The predicted molar refractivity (Wildman–Crippen MR) is 200 cm³/mol. The lowest BCUT2D eigenvalue weighted by atomic mass is 9.85. The Bertz CT molecular complexity index is 2260. The van der Waals surface area contributed by atoms with Gasteiger partial charge in [-0.05, 0) is 89.2 Å². The second kappa shape index (κ2) is 13.2. The van der Waals surface area contributed by atoms with E-state index in [1.807, 2.05) is 81.1 Å². The van der Waals surface area contributed by atoms with E-state index in [9.17, 15) is 9.59 Å². The molecule has 2 saturated carbocycles. The lowest BCUT2D eigenvalue weighted by Gasteiger charge is -2.41. The number of oxazole rings is 2. The summed E-state index contributed by atoms with van der Waals surface area (Å²) in [6.07, 6.45) is 9.95. The molecule has 272 valence electrons. The minimum Gasteiger partial charge on any atom is -0.428 e. The van der Waals surface area contributed by atoms with Crippen LogP contribution in [0.3, 0.4) is 0 Å². The first-order chi connectivity index (χ1) is 25.4. The van der Waals surface area contributed by atoms with Crippen molar-refractivity contribution in [1.82, 2.24) is 29.9 Å². The first-order valence-corrected chi connectivity index (χ1v) is 18.0. The zero-order valence-electron chi connectivity index (χ0n) is 29.7. The highest BCUT2D eigenvalue weighted by molar-refractivity contribution is 6.28. The Morgan fingerprint density at radius 3 is 1.68 bits per heavy atom. The molecule has 14 nitrogen and oxygen atoms in total. The number of hydrogen-bond donors (Lipinski definition) is 2. The Kier molecular flexibility index (Phi) is 8.61. The van der Waals surface area contributed by atoms with E-state index in [-0.39, 0.29) is 41.3 Å². The second-order valence-corrected chi connectivity index (χ2v) is 15.2. The Morgan fingerprint density at radius 1 is 0.698 bits per heavy atom. The summed E-state index contributed by atoms with van der Waals surface area (Å²) in [5, 5.41) is 3.52. The molecule has 0 spiro atoms. The van der Waals surface area contributed by atoms with Crippen LogP contribution < -0.4 is 20.9 Å². The number of nitrogens with zero attached hydrogens (tertiary/aromatic N) is 8. The minimum atomic E-state index is -0.623. The van der Waals surface area contributed by atoms with Gasteiger partial charge < -0.3 is 19.9 Å². The maximum absolute atomic E-state index is 12.9. The fourth-order valence-corrected chi connectivity index (χ4v) is 7.45. The van der Waals surface area contributed by atoms with E-state index in [1.165, 1.54) is 0 Å². The van der Waals surface area contributed by atoms with Gasteiger partial charge in [0.15, 0.2) is 22.8 Å². The van der Waals surface area contributed by atoms with Crippen molar-refractivity contribution in [1.29, 1.82) is 0 Å². The molecule has 4 aliphatic rings. The van der Waals surface area contributed by atoms with Crippen LogP contribution in [0.2, 0.25) is 5.35 Å². The molecule has 6 aromatic rings. The molecule has 4 aromatic heterocycles. The minimum absolute atomic E-state index is 0.0732. The smallest absolute Gasteiger partial charge is 0.295 e. The fraction of sp³-hybridized carbons (Fsp3) is 0.368. The van der Waals surface area contributed by atoms with Crippen molar-refractivity contribution in [3.8, 4) is 0 Å². The first kappa shape index (κ1) is 34.6. The summed E-state index contributed by atoms with van der Waals surface area (Å²) in [6, 6.07) is 16.4. The van der Waals surface area contributed by atoms with E-state index in [2.05, 4.69) is 35.2 Å². The van der Waals surface area contributed by atoms with Gasteiger partial charge in [0.25, 0.3) is 11.4 Å². The number of anilines is 3. The number of nitrogens with one attached hydrogen (secondary N) is 1. The topological polar surface area (TPSA) is 182 Å². The highest BCUT2D eigenvalue weighted by atomic mass is 35.5. The number of nitrogens with two attached hydrogens (primary N) is 1. The van der Waals surface area contributed by atoms with Crippen LogP contribution in [0.1, 0.15) is 64.8 Å². The van der Waals surface area contributed by atoms with E-state index in [1.54, 1.807) is 29.7 Å². The number of carbonyl (C=O) groups excluding carboxylic acids is 2. The molecule has 2 aliphatic heterocycles. The Hall–Kier alpha value is -5.47. The van der Waals surface area contributed by atoms with Crippen molar-refractivity contribution in [2.24, 2.45) is 5.73 Å². The number of amides is 2. The number of aromatic nitrogens is 6. The van der Waals surface area contributed by atoms with Crippen molar-refractivity contribution in [2.75, 3.05) is 15.1 Å². The van der Waals surface area contributed by atoms with Crippen molar-refractivity contribution >= 4 is 63.3 Å². The van der Waals surface area contributed by atoms with Crippen LogP contribution >= 0.6 is 11.6 Å². The van der Waals surface area contributed by atoms with E-state index >= 15 is 0 Å². The van der Waals surface area contributed by atoms with E-state index in [4.69, 9.17) is 26.2 Å². The average molecular weight is 735 g/mol. The Balaban J connectivity index is 0.000000126. The third kappa shape index (κ3) is 6.15. The van der Waals surface area contributed by atoms with Crippen molar-refractivity contribution in [3.05, 3.63) is 90.1 Å². The molecule has 53 heavy (non-hydrogen) atoms. The zero-order chi connectivity index (χ0) is 37.1. The van der Waals surface area contributed by atoms with Gasteiger partial charge in [0.1, 0.15) is 11.0 Å². The van der Waals surface area contributed by atoms with Gasteiger partial charge in [-0.1, -0.05) is 24.3 Å². The van der Waals surface area contributed by atoms with Gasteiger partial charge >= 0.3 is 0 Å². The number of rotatable bonds is 4. The molecule has 0 saturated heterocycles. The Morgan fingerprint density at radius 2 is 1.17 bits per heavy atom. The normalized spacial score (nSPS) is 23.3. The molecule has 0 bridgehead atoms. The summed E-state index contributed by atoms with van der Waals surface area (Å²) in [5.74, 6) is 1.59.